The maximum absolute atomic E-state index is 11.7. The van der Waals surface area contributed by atoms with Crippen LogP contribution in [-0.4, -0.2) is 32.8 Å². The minimum atomic E-state index is -0.527. The predicted molar refractivity (Wildman–Crippen MR) is 73.7 cm³/mol. The van der Waals surface area contributed by atoms with Gasteiger partial charge in [0.2, 0.25) is 0 Å². The molecular formula is C10H9ClN4O3S2. The lowest BCUT2D eigenvalue weighted by atomic mass is 10.6. The van der Waals surface area contributed by atoms with Crippen LogP contribution in [0.4, 0.5) is 0 Å². The monoisotopic (exact) mass is 332 g/mol. The Balaban J connectivity index is 1.88. The van der Waals surface area contributed by atoms with Gasteiger partial charge >= 0.3 is 11.7 Å². The highest BCUT2D eigenvalue weighted by Crippen LogP contribution is 2.39. The zero-order valence-electron chi connectivity index (χ0n) is 10.3. The van der Waals surface area contributed by atoms with Crippen molar-refractivity contribution in [1.29, 1.82) is 0 Å². The molecule has 0 atom stereocenters. The van der Waals surface area contributed by atoms with Crippen LogP contribution in [-0.2, 0) is 4.74 Å². The molecule has 0 aliphatic heterocycles. The van der Waals surface area contributed by atoms with E-state index in [9.17, 15) is 9.59 Å². The Morgan fingerprint density at radius 2 is 2.35 bits per heavy atom. The van der Waals surface area contributed by atoms with Gasteiger partial charge in [-0.2, -0.15) is 0 Å². The number of nitrogens with zero attached hydrogens (tertiary/aromatic N) is 3. The lowest BCUT2D eigenvalue weighted by Gasteiger charge is -1.99. The van der Waals surface area contributed by atoms with E-state index in [-0.39, 0.29) is 21.8 Å². The van der Waals surface area contributed by atoms with Gasteiger partial charge in [0.25, 0.3) is 0 Å². The molecule has 106 valence electrons. The van der Waals surface area contributed by atoms with Gasteiger partial charge in [0.15, 0.2) is 19.5 Å². The van der Waals surface area contributed by atoms with E-state index in [1.54, 1.807) is 4.57 Å². The zero-order chi connectivity index (χ0) is 14.3. The third-order valence-electron chi connectivity index (χ3n) is 2.70. The number of ether oxygens (including phenoxy) is 1. The van der Waals surface area contributed by atoms with Gasteiger partial charge in [-0.3, -0.25) is 4.57 Å². The summed E-state index contributed by atoms with van der Waals surface area (Å²) in [7, 11) is 1.28. The zero-order valence-corrected chi connectivity index (χ0v) is 12.6. The SMILES string of the molecule is COC(=O)c1sc(Sc2n[nH]c(=O)n2C2CC2)nc1Cl. The molecule has 1 N–H and O–H groups in total. The van der Waals surface area contributed by atoms with E-state index in [4.69, 9.17) is 11.6 Å². The summed E-state index contributed by atoms with van der Waals surface area (Å²) in [6.45, 7) is 0. The normalized spacial score (nSPS) is 14.5. The van der Waals surface area contributed by atoms with Crippen molar-refractivity contribution in [2.24, 2.45) is 0 Å². The first-order chi connectivity index (χ1) is 9.60. The number of carbonyl (C=O) groups excluding carboxylic acids is 1. The second-order valence-electron chi connectivity index (χ2n) is 4.11. The van der Waals surface area contributed by atoms with Crippen molar-refractivity contribution in [3.63, 3.8) is 0 Å². The van der Waals surface area contributed by atoms with Gasteiger partial charge in [-0.25, -0.2) is 19.7 Å². The van der Waals surface area contributed by atoms with E-state index < -0.39 is 5.97 Å². The summed E-state index contributed by atoms with van der Waals surface area (Å²) in [6, 6.07) is 0.208. The molecule has 10 heteroatoms. The van der Waals surface area contributed by atoms with E-state index in [1.165, 1.54) is 18.9 Å². The van der Waals surface area contributed by atoms with Crippen molar-refractivity contribution in [2.75, 3.05) is 7.11 Å². The van der Waals surface area contributed by atoms with Crippen LogP contribution in [0.3, 0.4) is 0 Å². The molecule has 0 radical (unpaired) electrons. The molecule has 0 bridgehead atoms. The third-order valence-corrected chi connectivity index (χ3v) is 5.15. The summed E-state index contributed by atoms with van der Waals surface area (Å²) >= 11 is 8.21. The number of halogens is 1. The van der Waals surface area contributed by atoms with Gasteiger partial charge < -0.3 is 4.74 Å². The third kappa shape index (κ3) is 2.48. The molecule has 20 heavy (non-hydrogen) atoms. The molecule has 7 nitrogen and oxygen atoms in total. The molecule has 1 saturated carbocycles. The fourth-order valence-corrected chi connectivity index (χ4v) is 3.98. The van der Waals surface area contributed by atoms with Crippen molar-refractivity contribution < 1.29 is 9.53 Å². The van der Waals surface area contributed by atoms with Gasteiger partial charge in [-0.1, -0.05) is 22.9 Å². The lowest BCUT2D eigenvalue weighted by Crippen LogP contribution is -2.15. The minimum Gasteiger partial charge on any atom is -0.465 e. The van der Waals surface area contributed by atoms with Crippen molar-refractivity contribution in [3.05, 3.63) is 20.5 Å². The number of hydrogen-bond acceptors (Lipinski definition) is 7. The lowest BCUT2D eigenvalue weighted by molar-refractivity contribution is 0.0606. The number of aromatic amines is 1. The van der Waals surface area contributed by atoms with Crippen LogP contribution < -0.4 is 5.69 Å². The van der Waals surface area contributed by atoms with E-state index in [0.717, 1.165) is 24.2 Å². The fraction of sp³-hybridized carbons (Fsp3) is 0.400. The van der Waals surface area contributed by atoms with Gasteiger partial charge in [0.1, 0.15) is 0 Å². The molecule has 1 aliphatic rings. The molecule has 1 fully saturated rings. The van der Waals surface area contributed by atoms with E-state index in [1.807, 2.05) is 0 Å². The molecule has 3 rings (SSSR count). The summed E-state index contributed by atoms with van der Waals surface area (Å²) in [5, 5.41) is 7.02. The first-order valence-corrected chi connectivity index (χ1v) is 7.70. The summed E-state index contributed by atoms with van der Waals surface area (Å²) in [4.78, 5) is 27.4. The van der Waals surface area contributed by atoms with Crippen LogP contribution in [0, 0.1) is 0 Å². The molecule has 0 amide bonds. The second kappa shape index (κ2) is 5.23. The van der Waals surface area contributed by atoms with Crippen molar-refractivity contribution >= 4 is 40.7 Å². The molecule has 2 aromatic heterocycles. The number of nitrogens with one attached hydrogen (secondary N) is 1. The minimum absolute atomic E-state index is 0.0974. The van der Waals surface area contributed by atoms with Crippen LogP contribution in [0.1, 0.15) is 28.6 Å². The molecule has 2 heterocycles. The highest BCUT2D eigenvalue weighted by atomic mass is 35.5. The summed E-state index contributed by atoms with van der Waals surface area (Å²) in [6.07, 6.45) is 1.94. The first kappa shape index (κ1) is 13.7. The predicted octanol–water partition coefficient (Wildman–Crippen LogP) is 1.95. The topological polar surface area (TPSA) is 89.9 Å². The highest BCUT2D eigenvalue weighted by Gasteiger charge is 2.29. The Kier molecular flexibility index (Phi) is 3.57. The highest BCUT2D eigenvalue weighted by molar-refractivity contribution is 8.00. The van der Waals surface area contributed by atoms with Gasteiger partial charge in [-0.05, 0) is 24.6 Å². The standard InChI is InChI=1S/C10H9ClN4O3S2/c1-18-7(16)5-6(11)12-10(19-5)20-9-14-13-8(17)15(9)4-2-3-4/h4H,2-3H2,1H3,(H,13,17). The van der Waals surface area contributed by atoms with Crippen LogP contribution in [0.25, 0.3) is 0 Å². The fourth-order valence-electron chi connectivity index (χ4n) is 1.64. The molecule has 0 aromatic carbocycles. The van der Waals surface area contributed by atoms with Crippen molar-refractivity contribution in [1.82, 2.24) is 19.7 Å². The van der Waals surface area contributed by atoms with Gasteiger partial charge in [0.05, 0.1) is 7.11 Å². The maximum atomic E-state index is 11.7. The van der Waals surface area contributed by atoms with Crippen LogP contribution in [0.15, 0.2) is 14.3 Å². The van der Waals surface area contributed by atoms with E-state index >= 15 is 0 Å². The van der Waals surface area contributed by atoms with Crippen molar-refractivity contribution in [2.45, 2.75) is 28.4 Å². The van der Waals surface area contributed by atoms with E-state index in [2.05, 4.69) is 19.9 Å². The summed E-state index contributed by atoms with van der Waals surface area (Å²) in [5.41, 5.74) is -0.231. The summed E-state index contributed by atoms with van der Waals surface area (Å²) in [5.74, 6) is -0.527. The number of esters is 1. The molecule has 1 aliphatic carbocycles. The molecule has 2 aromatic rings. The second-order valence-corrected chi connectivity index (χ2v) is 6.68. The number of thiazole rings is 1. The Bertz CT molecular complexity index is 718. The summed E-state index contributed by atoms with van der Waals surface area (Å²) < 4.78 is 6.76. The van der Waals surface area contributed by atoms with Gasteiger partial charge in [-0.15, -0.1) is 5.10 Å². The number of H-pyrrole nitrogens is 1. The quantitative estimate of drug-likeness (QED) is 0.861. The smallest absolute Gasteiger partial charge is 0.351 e. The Labute approximate surface area is 126 Å². The average molecular weight is 333 g/mol. The van der Waals surface area contributed by atoms with Crippen LogP contribution >= 0.6 is 34.7 Å². The molecule has 0 spiro atoms. The molecule has 0 saturated heterocycles. The molecular weight excluding hydrogens is 324 g/mol. The number of aromatic nitrogens is 4. The Morgan fingerprint density at radius 3 is 3.00 bits per heavy atom. The average Bonchev–Trinajstić information content (AvgIpc) is 3.10. The number of rotatable bonds is 4. The molecule has 0 unspecified atom stereocenters. The largest absolute Gasteiger partial charge is 0.465 e. The Morgan fingerprint density at radius 1 is 1.60 bits per heavy atom. The number of hydrogen-bond donors (Lipinski definition) is 1. The number of methoxy groups -OCH3 is 1. The van der Waals surface area contributed by atoms with Crippen molar-refractivity contribution in [3.8, 4) is 0 Å². The van der Waals surface area contributed by atoms with Crippen LogP contribution in [0.2, 0.25) is 5.15 Å². The first-order valence-electron chi connectivity index (χ1n) is 5.69. The van der Waals surface area contributed by atoms with Crippen LogP contribution in [0.5, 0.6) is 0 Å². The Hall–Kier alpha value is -1.32. The maximum Gasteiger partial charge on any atom is 0.351 e. The number of carbonyl (C=O) groups is 1. The van der Waals surface area contributed by atoms with E-state index in [0.29, 0.717) is 9.50 Å². The van der Waals surface area contributed by atoms with Gasteiger partial charge in [0, 0.05) is 6.04 Å².